The fourth-order valence-corrected chi connectivity index (χ4v) is 1.97. The van der Waals surface area contributed by atoms with E-state index in [1.807, 2.05) is 20.8 Å². The maximum atomic E-state index is 11.5. The van der Waals surface area contributed by atoms with Crippen molar-refractivity contribution >= 4 is 5.91 Å². The molecule has 0 spiro atoms. The van der Waals surface area contributed by atoms with E-state index in [9.17, 15) is 4.79 Å². The van der Waals surface area contributed by atoms with Crippen LogP contribution in [0, 0.1) is 5.92 Å². The topological polar surface area (TPSA) is 73.6 Å². The van der Waals surface area contributed by atoms with Crippen LogP contribution in [0.3, 0.4) is 0 Å². The minimum atomic E-state index is -0.661. The molecule has 5 heteroatoms. The smallest absolute Gasteiger partial charge is 0.237 e. The van der Waals surface area contributed by atoms with Gasteiger partial charge in [0.1, 0.15) is 0 Å². The zero-order chi connectivity index (χ0) is 15.6. The van der Waals surface area contributed by atoms with Crippen molar-refractivity contribution in [3.05, 3.63) is 0 Å². The van der Waals surface area contributed by atoms with E-state index < -0.39 is 5.54 Å². The number of hydrogen-bond acceptors (Lipinski definition) is 4. The second-order valence-electron chi connectivity index (χ2n) is 6.18. The van der Waals surface area contributed by atoms with Crippen molar-refractivity contribution in [2.45, 2.75) is 59.0 Å². The molecule has 0 aliphatic heterocycles. The van der Waals surface area contributed by atoms with E-state index in [2.05, 4.69) is 19.2 Å². The van der Waals surface area contributed by atoms with Gasteiger partial charge in [-0.3, -0.25) is 4.79 Å². The number of amides is 1. The van der Waals surface area contributed by atoms with Gasteiger partial charge in [0, 0.05) is 19.3 Å². The third kappa shape index (κ3) is 9.28. The first-order valence-corrected chi connectivity index (χ1v) is 7.51. The average Bonchev–Trinajstić information content (AvgIpc) is 2.31. The first kappa shape index (κ1) is 19.4. The van der Waals surface area contributed by atoms with Crippen LogP contribution in [0.4, 0.5) is 0 Å². The first-order valence-electron chi connectivity index (χ1n) is 7.51. The third-order valence-electron chi connectivity index (χ3n) is 2.94. The molecule has 0 radical (unpaired) electrons. The predicted molar refractivity (Wildman–Crippen MR) is 81.6 cm³/mol. The Hall–Kier alpha value is -0.650. The SMILES string of the molecule is CC(C)COCCOCCCC(C)(NC(C)C)C(N)=O. The van der Waals surface area contributed by atoms with Gasteiger partial charge in [0.25, 0.3) is 0 Å². The van der Waals surface area contributed by atoms with Gasteiger partial charge in [-0.05, 0) is 39.5 Å². The summed E-state index contributed by atoms with van der Waals surface area (Å²) in [6, 6.07) is 0.220. The van der Waals surface area contributed by atoms with Crippen molar-refractivity contribution in [3.8, 4) is 0 Å². The van der Waals surface area contributed by atoms with Crippen LogP contribution in [0.1, 0.15) is 47.5 Å². The Morgan fingerprint density at radius 2 is 1.75 bits per heavy atom. The number of carbonyl (C=O) groups excluding carboxylic acids is 1. The van der Waals surface area contributed by atoms with Gasteiger partial charge in [-0.2, -0.15) is 0 Å². The molecule has 1 atom stereocenters. The minimum absolute atomic E-state index is 0.220. The lowest BCUT2D eigenvalue weighted by atomic mass is 9.94. The molecule has 0 bridgehead atoms. The predicted octanol–water partition coefficient (Wildman–Crippen LogP) is 1.70. The van der Waals surface area contributed by atoms with Gasteiger partial charge in [-0.25, -0.2) is 0 Å². The molecule has 0 saturated carbocycles. The molecule has 0 saturated heterocycles. The summed E-state index contributed by atoms with van der Waals surface area (Å²) < 4.78 is 10.9. The number of rotatable bonds is 12. The van der Waals surface area contributed by atoms with E-state index >= 15 is 0 Å². The van der Waals surface area contributed by atoms with E-state index in [-0.39, 0.29) is 11.9 Å². The second-order valence-corrected chi connectivity index (χ2v) is 6.18. The van der Waals surface area contributed by atoms with Crippen molar-refractivity contribution in [3.63, 3.8) is 0 Å². The first-order chi connectivity index (χ1) is 9.28. The number of nitrogens with two attached hydrogens (primary N) is 1. The molecule has 20 heavy (non-hydrogen) atoms. The number of hydrogen-bond donors (Lipinski definition) is 2. The molecule has 5 nitrogen and oxygen atoms in total. The zero-order valence-corrected chi connectivity index (χ0v) is 13.7. The van der Waals surface area contributed by atoms with Crippen LogP contribution in [-0.4, -0.2) is 43.9 Å². The molecule has 1 unspecified atom stereocenters. The molecule has 0 aromatic heterocycles. The maximum Gasteiger partial charge on any atom is 0.237 e. The molecule has 0 rings (SSSR count). The lowest BCUT2D eigenvalue weighted by Gasteiger charge is -2.29. The molecule has 0 aromatic carbocycles. The zero-order valence-electron chi connectivity index (χ0n) is 13.7. The highest BCUT2D eigenvalue weighted by Crippen LogP contribution is 2.13. The van der Waals surface area contributed by atoms with E-state index in [4.69, 9.17) is 15.2 Å². The standard InChI is InChI=1S/C15H32N2O3/c1-12(2)11-20-10-9-19-8-6-7-15(5,14(16)18)17-13(3)4/h12-13,17H,6-11H2,1-5H3,(H2,16,18). The molecule has 0 aromatic rings. The van der Waals surface area contributed by atoms with Crippen LogP contribution in [0.2, 0.25) is 0 Å². The van der Waals surface area contributed by atoms with Crippen LogP contribution < -0.4 is 11.1 Å². The van der Waals surface area contributed by atoms with E-state index in [1.54, 1.807) is 0 Å². The van der Waals surface area contributed by atoms with Crippen molar-refractivity contribution in [1.29, 1.82) is 0 Å². The summed E-state index contributed by atoms with van der Waals surface area (Å²) in [7, 11) is 0. The number of ether oxygens (including phenoxy) is 2. The fourth-order valence-electron chi connectivity index (χ4n) is 1.97. The Morgan fingerprint density at radius 3 is 2.25 bits per heavy atom. The highest BCUT2D eigenvalue weighted by atomic mass is 16.5. The lowest BCUT2D eigenvalue weighted by molar-refractivity contribution is -0.124. The van der Waals surface area contributed by atoms with Crippen LogP contribution >= 0.6 is 0 Å². The van der Waals surface area contributed by atoms with Crippen LogP contribution in [0.5, 0.6) is 0 Å². The molecule has 120 valence electrons. The summed E-state index contributed by atoms with van der Waals surface area (Å²) in [5.41, 5.74) is 4.80. The summed E-state index contributed by atoms with van der Waals surface area (Å²) in [6.45, 7) is 12.7. The van der Waals surface area contributed by atoms with Crippen LogP contribution in [0.15, 0.2) is 0 Å². The Labute approximate surface area is 123 Å². The molecule has 0 aliphatic rings. The highest BCUT2D eigenvalue weighted by molar-refractivity contribution is 5.84. The summed E-state index contributed by atoms with van der Waals surface area (Å²) in [5, 5.41) is 3.22. The van der Waals surface area contributed by atoms with Crippen molar-refractivity contribution in [2.75, 3.05) is 26.4 Å². The Morgan fingerprint density at radius 1 is 1.15 bits per heavy atom. The molecule has 0 aliphatic carbocycles. The number of carbonyl (C=O) groups is 1. The van der Waals surface area contributed by atoms with Crippen LogP contribution in [0.25, 0.3) is 0 Å². The molecule has 3 N–H and O–H groups in total. The van der Waals surface area contributed by atoms with Gasteiger partial charge in [0.2, 0.25) is 5.91 Å². The molecule has 0 fully saturated rings. The van der Waals surface area contributed by atoms with Crippen molar-refractivity contribution in [2.24, 2.45) is 11.7 Å². The van der Waals surface area contributed by atoms with Crippen molar-refractivity contribution in [1.82, 2.24) is 5.32 Å². The molecular weight excluding hydrogens is 256 g/mol. The van der Waals surface area contributed by atoms with Gasteiger partial charge in [0.15, 0.2) is 0 Å². The monoisotopic (exact) mass is 288 g/mol. The summed E-state index contributed by atoms with van der Waals surface area (Å²) >= 11 is 0. The summed E-state index contributed by atoms with van der Waals surface area (Å²) in [4.78, 5) is 11.5. The van der Waals surface area contributed by atoms with Crippen LogP contribution in [-0.2, 0) is 14.3 Å². The fraction of sp³-hybridized carbons (Fsp3) is 0.933. The summed E-state index contributed by atoms with van der Waals surface area (Å²) in [5.74, 6) is 0.236. The third-order valence-corrected chi connectivity index (χ3v) is 2.94. The average molecular weight is 288 g/mol. The largest absolute Gasteiger partial charge is 0.379 e. The maximum absolute atomic E-state index is 11.5. The Kier molecular flexibility index (Phi) is 9.80. The van der Waals surface area contributed by atoms with Gasteiger partial charge in [-0.15, -0.1) is 0 Å². The van der Waals surface area contributed by atoms with E-state index in [0.29, 0.717) is 32.2 Å². The number of nitrogens with one attached hydrogen (secondary N) is 1. The van der Waals surface area contributed by atoms with Gasteiger partial charge < -0.3 is 20.5 Å². The molecule has 1 amide bonds. The molecular formula is C15H32N2O3. The minimum Gasteiger partial charge on any atom is -0.379 e. The number of primary amides is 1. The Balaban J connectivity index is 3.72. The summed E-state index contributed by atoms with van der Waals surface area (Å²) in [6.07, 6.45) is 1.47. The van der Waals surface area contributed by atoms with Gasteiger partial charge in [-0.1, -0.05) is 13.8 Å². The van der Waals surface area contributed by atoms with Gasteiger partial charge >= 0.3 is 0 Å². The quantitative estimate of drug-likeness (QED) is 0.536. The normalized spacial score (nSPS) is 14.8. The highest BCUT2D eigenvalue weighted by Gasteiger charge is 2.30. The van der Waals surface area contributed by atoms with Crippen molar-refractivity contribution < 1.29 is 14.3 Å². The second kappa shape index (κ2) is 10.1. The Bertz CT molecular complexity index is 270. The van der Waals surface area contributed by atoms with E-state index in [1.165, 1.54) is 0 Å². The van der Waals surface area contributed by atoms with E-state index in [0.717, 1.165) is 13.0 Å². The molecule has 0 heterocycles. The van der Waals surface area contributed by atoms with Gasteiger partial charge in [0.05, 0.1) is 18.8 Å². The lowest BCUT2D eigenvalue weighted by Crippen LogP contribution is -2.55.